The zero-order valence-corrected chi connectivity index (χ0v) is 19.1. The van der Waals surface area contributed by atoms with Crippen LogP contribution in [0.2, 0.25) is 0 Å². The molecule has 1 N–H and O–H groups in total. The van der Waals surface area contributed by atoms with Crippen LogP contribution >= 0.6 is 0 Å². The Morgan fingerprint density at radius 1 is 0.800 bits per heavy atom. The molecule has 0 saturated heterocycles. The van der Waals surface area contributed by atoms with Gasteiger partial charge in [0.1, 0.15) is 12.3 Å². The number of unbranched alkanes of at least 4 members (excludes halogenated alkanes) is 9. The smallest absolute Gasteiger partial charge is 0.119 e. The minimum Gasteiger partial charge on any atom is -1.00 e. The van der Waals surface area contributed by atoms with Crippen LogP contribution in [0.1, 0.15) is 82.3 Å². The van der Waals surface area contributed by atoms with E-state index in [1.807, 2.05) is 12.1 Å². The van der Waals surface area contributed by atoms with Gasteiger partial charge < -0.3 is 33.6 Å². The molecule has 2 nitrogen and oxygen atoms in total. The molecular formula is C22H40INO. The molecule has 0 atom stereocenters. The number of aromatic hydroxyl groups is 1. The van der Waals surface area contributed by atoms with E-state index in [4.69, 9.17) is 0 Å². The summed E-state index contributed by atoms with van der Waals surface area (Å²) in [6, 6.07) is 5.99. The van der Waals surface area contributed by atoms with E-state index in [2.05, 4.69) is 34.1 Å². The first-order valence-electron chi connectivity index (χ1n) is 10.0. The van der Waals surface area contributed by atoms with Crippen LogP contribution in [0.3, 0.4) is 0 Å². The minimum atomic E-state index is 0. The summed E-state index contributed by atoms with van der Waals surface area (Å²) in [5.74, 6) is 0.483. The molecule has 0 saturated carbocycles. The van der Waals surface area contributed by atoms with Gasteiger partial charge in [0.2, 0.25) is 0 Å². The molecule has 0 spiro atoms. The van der Waals surface area contributed by atoms with Crippen LogP contribution in [0.4, 0.5) is 0 Å². The molecule has 0 radical (unpaired) electrons. The van der Waals surface area contributed by atoms with Crippen molar-refractivity contribution in [1.82, 2.24) is 0 Å². The highest BCUT2D eigenvalue weighted by Crippen LogP contribution is 2.25. The van der Waals surface area contributed by atoms with E-state index in [0.29, 0.717) is 5.75 Å². The Bertz CT molecular complexity index is 454. The molecule has 0 aliphatic rings. The maximum absolute atomic E-state index is 10.2. The third-order valence-electron chi connectivity index (χ3n) is 4.67. The molecule has 1 aromatic carbocycles. The first-order chi connectivity index (χ1) is 11.4. The highest BCUT2D eigenvalue weighted by Gasteiger charge is 2.14. The Hall–Kier alpha value is -0.290. The summed E-state index contributed by atoms with van der Waals surface area (Å²) < 4.78 is 0.897. The lowest BCUT2D eigenvalue weighted by Crippen LogP contribution is -3.00. The van der Waals surface area contributed by atoms with Crippen molar-refractivity contribution in [3.8, 4) is 5.75 Å². The number of nitrogens with zero attached hydrogens (tertiary/aromatic N) is 1. The molecule has 0 unspecified atom stereocenters. The first-order valence-corrected chi connectivity index (χ1v) is 10.0. The van der Waals surface area contributed by atoms with Gasteiger partial charge in [0.05, 0.1) is 21.1 Å². The second kappa shape index (κ2) is 13.9. The topological polar surface area (TPSA) is 20.2 Å². The fraction of sp³-hybridized carbons (Fsp3) is 0.727. The van der Waals surface area contributed by atoms with Crippen molar-refractivity contribution in [3.05, 3.63) is 29.3 Å². The van der Waals surface area contributed by atoms with Gasteiger partial charge in [-0.05, 0) is 18.9 Å². The van der Waals surface area contributed by atoms with E-state index in [9.17, 15) is 5.11 Å². The van der Waals surface area contributed by atoms with Crippen LogP contribution in [0.5, 0.6) is 5.75 Å². The molecule has 1 rings (SSSR count). The van der Waals surface area contributed by atoms with Gasteiger partial charge in [-0.1, -0.05) is 76.8 Å². The van der Waals surface area contributed by atoms with E-state index in [1.165, 1.54) is 75.3 Å². The van der Waals surface area contributed by atoms with Crippen LogP contribution in [-0.2, 0) is 13.0 Å². The lowest BCUT2D eigenvalue weighted by Gasteiger charge is -2.25. The lowest BCUT2D eigenvalue weighted by atomic mass is 9.98. The quantitative estimate of drug-likeness (QED) is 0.272. The Kier molecular flexibility index (Phi) is 13.7. The van der Waals surface area contributed by atoms with Crippen molar-refractivity contribution in [1.29, 1.82) is 0 Å². The molecule has 0 amide bonds. The Labute approximate surface area is 173 Å². The number of quaternary nitrogens is 1. The molecule has 25 heavy (non-hydrogen) atoms. The number of phenols is 1. The normalized spacial score (nSPS) is 11.4. The van der Waals surface area contributed by atoms with Crippen LogP contribution in [0.25, 0.3) is 0 Å². The summed E-state index contributed by atoms with van der Waals surface area (Å²) in [6.45, 7) is 3.25. The zero-order valence-electron chi connectivity index (χ0n) is 17.0. The van der Waals surface area contributed by atoms with E-state index in [0.717, 1.165) is 17.4 Å². The third-order valence-corrected chi connectivity index (χ3v) is 4.67. The van der Waals surface area contributed by atoms with Crippen LogP contribution in [-0.4, -0.2) is 30.7 Å². The summed E-state index contributed by atoms with van der Waals surface area (Å²) in [7, 11) is 6.61. The number of rotatable bonds is 13. The average Bonchev–Trinajstić information content (AvgIpc) is 2.50. The van der Waals surface area contributed by atoms with Crippen LogP contribution < -0.4 is 24.0 Å². The second-order valence-electron chi connectivity index (χ2n) is 8.30. The van der Waals surface area contributed by atoms with Gasteiger partial charge in [-0.15, -0.1) is 0 Å². The molecule has 0 aromatic heterocycles. The average molecular weight is 461 g/mol. The van der Waals surface area contributed by atoms with E-state index < -0.39 is 0 Å². The van der Waals surface area contributed by atoms with Crippen molar-refractivity contribution in [2.75, 3.05) is 21.1 Å². The van der Waals surface area contributed by atoms with Crippen LogP contribution in [0.15, 0.2) is 18.2 Å². The maximum Gasteiger partial charge on any atom is 0.119 e. The molecule has 0 fully saturated rings. The monoisotopic (exact) mass is 461 g/mol. The Morgan fingerprint density at radius 3 is 1.84 bits per heavy atom. The summed E-state index contributed by atoms with van der Waals surface area (Å²) >= 11 is 0. The van der Waals surface area contributed by atoms with E-state index in [-0.39, 0.29) is 24.0 Å². The first kappa shape index (κ1) is 24.7. The third kappa shape index (κ3) is 11.8. The van der Waals surface area contributed by atoms with Crippen molar-refractivity contribution in [3.63, 3.8) is 0 Å². The number of halogens is 1. The largest absolute Gasteiger partial charge is 1.00 e. The molecule has 1 aromatic rings. The number of benzene rings is 1. The molecule has 0 aliphatic carbocycles. The predicted octanol–water partition coefficient (Wildman–Crippen LogP) is 3.07. The summed E-state index contributed by atoms with van der Waals surface area (Å²) in [6.07, 6.45) is 14.6. The molecule has 0 aliphatic heterocycles. The molecule has 146 valence electrons. The van der Waals surface area contributed by atoms with Gasteiger partial charge >= 0.3 is 0 Å². The van der Waals surface area contributed by atoms with Crippen molar-refractivity contribution in [2.45, 2.75) is 84.1 Å². The highest BCUT2D eigenvalue weighted by molar-refractivity contribution is 5.39. The van der Waals surface area contributed by atoms with Gasteiger partial charge in [-0.2, -0.15) is 0 Å². The molecule has 0 bridgehead atoms. The fourth-order valence-electron chi connectivity index (χ4n) is 3.36. The second-order valence-corrected chi connectivity index (χ2v) is 8.30. The van der Waals surface area contributed by atoms with E-state index >= 15 is 0 Å². The van der Waals surface area contributed by atoms with Gasteiger partial charge in [0.15, 0.2) is 0 Å². The Morgan fingerprint density at radius 2 is 1.32 bits per heavy atom. The fourth-order valence-corrected chi connectivity index (χ4v) is 3.36. The summed E-state index contributed by atoms with van der Waals surface area (Å²) in [4.78, 5) is 0. The summed E-state index contributed by atoms with van der Waals surface area (Å²) in [5.41, 5.74) is 2.48. The van der Waals surface area contributed by atoms with Gasteiger partial charge in [-0.25, -0.2) is 0 Å². The molecule has 0 heterocycles. The minimum absolute atomic E-state index is 0. The van der Waals surface area contributed by atoms with Gasteiger partial charge in [0.25, 0.3) is 0 Å². The molecule has 3 heteroatoms. The van der Waals surface area contributed by atoms with Crippen molar-refractivity contribution >= 4 is 0 Å². The van der Waals surface area contributed by atoms with Crippen molar-refractivity contribution < 1.29 is 33.6 Å². The SMILES string of the molecule is CCCCCCCCCCCCc1c(O)cccc1C[N+](C)(C)C.[I-]. The summed E-state index contributed by atoms with van der Waals surface area (Å²) in [5, 5.41) is 10.2. The predicted molar refractivity (Wildman–Crippen MR) is 105 cm³/mol. The molecular weight excluding hydrogens is 421 g/mol. The Balaban J connectivity index is 0.00000576. The number of phenolic OH excluding ortho intramolecular Hbond substituents is 1. The van der Waals surface area contributed by atoms with Gasteiger partial charge in [0, 0.05) is 11.1 Å². The lowest BCUT2D eigenvalue weighted by molar-refractivity contribution is -0.884. The van der Waals surface area contributed by atoms with E-state index in [1.54, 1.807) is 0 Å². The van der Waals surface area contributed by atoms with Crippen LogP contribution in [0, 0.1) is 0 Å². The van der Waals surface area contributed by atoms with Gasteiger partial charge in [-0.3, -0.25) is 0 Å². The zero-order chi connectivity index (χ0) is 17.8. The number of hydrogen-bond acceptors (Lipinski definition) is 1. The standard InChI is InChI=1S/C22H39NO.HI/c1-5-6-7-8-9-10-11-12-13-14-17-21-20(19-23(2,3)4)16-15-18-22(21)24;/h15-16,18H,5-14,17,19H2,1-4H3;1H. The highest BCUT2D eigenvalue weighted by atomic mass is 127. The van der Waals surface area contributed by atoms with Crippen molar-refractivity contribution in [2.24, 2.45) is 0 Å². The maximum atomic E-state index is 10.2. The number of hydrogen-bond donors (Lipinski definition) is 1.